The summed E-state index contributed by atoms with van der Waals surface area (Å²) in [5.41, 5.74) is 3.48. The lowest BCUT2D eigenvalue weighted by Crippen LogP contribution is -2.44. The van der Waals surface area contributed by atoms with Crippen molar-refractivity contribution in [1.29, 1.82) is 0 Å². The van der Waals surface area contributed by atoms with E-state index in [1.165, 1.54) is 0 Å². The number of hydrogen-bond donors (Lipinski definition) is 0. The quantitative estimate of drug-likeness (QED) is 0.860. The van der Waals surface area contributed by atoms with Gasteiger partial charge in [0.15, 0.2) is 5.78 Å². The first-order chi connectivity index (χ1) is 12.0. The van der Waals surface area contributed by atoms with Crippen molar-refractivity contribution in [3.05, 3.63) is 83.4 Å². The Kier molecular flexibility index (Phi) is 3.46. The van der Waals surface area contributed by atoms with Crippen LogP contribution in [0.15, 0.2) is 72.3 Å². The summed E-state index contributed by atoms with van der Waals surface area (Å²) in [7, 11) is 0. The van der Waals surface area contributed by atoms with Crippen molar-refractivity contribution >= 4 is 22.8 Å². The number of carbonyl (C=O) groups is 2. The molecule has 25 heavy (non-hydrogen) atoms. The Morgan fingerprint density at radius 3 is 2.08 bits per heavy atom. The Morgan fingerprint density at radius 1 is 0.960 bits per heavy atom. The Hall–Kier alpha value is -2.94. The van der Waals surface area contributed by atoms with E-state index in [9.17, 15) is 9.59 Å². The topological polar surface area (TPSA) is 37.4 Å². The second-order valence-corrected chi connectivity index (χ2v) is 6.64. The highest BCUT2D eigenvalue weighted by Crippen LogP contribution is 2.51. The van der Waals surface area contributed by atoms with Crippen LogP contribution >= 0.6 is 0 Å². The number of benzene rings is 2. The fourth-order valence-electron chi connectivity index (χ4n) is 4.14. The van der Waals surface area contributed by atoms with Gasteiger partial charge in [0.1, 0.15) is 0 Å². The van der Waals surface area contributed by atoms with Crippen LogP contribution in [0.2, 0.25) is 0 Å². The second kappa shape index (κ2) is 5.55. The normalized spacial score (nSPS) is 22.2. The first-order valence-electron chi connectivity index (χ1n) is 8.44. The van der Waals surface area contributed by atoms with E-state index in [2.05, 4.69) is 0 Å². The molecule has 2 aromatic rings. The monoisotopic (exact) mass is 329 g/mol. The molecular weight excluding hydrogens is 310 g/mol. The van der Waals surface area contributed by atoms with Crippen molar-refractivity contribution in [2.75, 3.05) is 6.54 Å². The average Bonchev–Trinajstić information content (AvgIpc) is 3.08. The number of carbonyl (C=O) groups excluding carboxylic acids is 2. The van der Waals surface area contributed by atoms with Crippen molar-refractivity contribution in [3.8, 4) is 0 Å². The molecule has 0 N–H and O–H groups in total. The number of amides is 1. The van der Waals surface area contributed by atoms with Gasteiger partial charge >= 0.3 is 0 Å². The maximum absolute atomic E-state index is 13.3. The molecule has 2 aliphatic heterocycles. The van der Waals surface area contributed by atoms with Crippen LogP contribution in [-0.2, 0) is 9.59 Å². The van der Waals surface area contributed by atoms with Gasteiger partial charge in [-0.2, -0.15) is 0 Å². The predicted octanol–water partition coefficient (Wildman–Crippen LogP) is 3.73. The van der Waals surface area contributed by atoms with Crippen LogP contribution in [-0.4, -0.2) is 28.7 Å². The van der Waals surface area contributed by atoms with Crippen LogP contribution in [0, 0.1) is 0 Å². The maximum Gasteiger partial charge on any atom is 0.256 e. The lowest BCUT2D eigenvalue weighted by molar-refractivity contribution is -0.125. The molecule has 1 unspecified atom stereocenters. The van der Waals surface area contributed by atoms with Gasteiger partial charge in [0.05, 0.1) is 11.1 Å². The summed E-state index contributed by atoms with van der Waals surface area (Å²) in [6.45, 7) is 4.04. The molecule has 3 heteroatoms. The summed E-state index contributed by atoms with van der Waals surface area (Å²) < 4.78 is 0. The third-order valence-electron chi connectivity index (χ3n) is 5.24. The van der Waals surface area contributed by atoms with Crippen LogP contribution in [0.4, 0.5) is 0 Å². The van der Waals surface area contributed by atoms with E-state index in [1.807, 2.05) is 78.6 Å². The number of Topliss-reactive ketones (excluding diaryl/α,β-unsaturated/α-hetero) is 1. The minimum atomic E-state index is -0.713. The number of hydrogen-bond acceptors (Lipinski definition) is 2. The fourth-order valence-corrected chi connectivity index (χ4v) is 4.14. The van der Waals surface area contributed by atoms with Crippen LogP contribution < -0.4 is 0 Å². The lowest BCUT2D eigenvalue weighted by atomic mass is 9.79. The molecule has 0 aliphatic carbocycles. The van der Waals surface area contributed by atoms with E-state index in [-0.39, 0.29) is 11.7 Å². The minimum absolute atomic E-state index is 0.0138. The minimum Gasteiger partial charge on any atom is -0.321 e. The highest BCUT2D eigenvalue weighted by molar-refractivity contribution is 6.33. The van der Waals surface area contributed by atoms with E-state index in [1.54, 1.807) is 6.92 Å². The lowest BCUT2D eigenvalue weighted by Gasteiger charge is -2.33. The number of fused-ring (bicyclic) bond motifs is 1. The summed E-state index contributed by atoms with van der Waals surface area (Å²) in [6, 6.07) is 19.6. The summed E-state index contributed by atoms with van der Waals surface area (Å²) in [4.78, 5) is 27.4. The zero-order valence-electron chi connectivity index (χ0n) is 14.3. The van der Waals surface area contributed by atoms with Gasteiger partial charge in [-0.1, -0.05) is 66.7 Å². The number of rotatable bonds is 3. The number of ketones is 1. The Morgan fingerprint density at radius 2 is 1.52 bits per heavy atom. The van der Waals surface area contributed by atoms with Crippen molar-refractivity contribution in [1.82, 2.24) is 4.90 Å². The SMILES string of the molecule is CC(=O)C1=CCN2C(=O)C(c3ccccc3)=C(c3ccccc3)C12C. The molecule has 0 spiro atoms. The molecule has 4 rings (SSSR count). The first kappa shape index (κ1) is 15.6. The molecule has 1 amide bonds. The third kappa shape index (κ3) is 2.12. The van der Waals surface area contributed by atoms with Crippen LogP contribution in [0.25, 0.3) is 11.1 Å². The molecule has 2 aliphatic rings. The zero-order chi connectivity index (χ0) is 17.6. The van der Waals surface area contributed by atoms with Crippen LogP contribution in [0.5, 0.6) is 0 Å². The zero-order valence-corrected chi connectivity index (χ0v) is 14.3. The second-order valence-electron chi connectivity index (χ2n) is 6.64. The summed E-state index contributed by atoms with van der Waals surface area (Å²) in [6.07, 6.45) is 1.89. The van der Waals surface area contributed by atoms with Gasteiger partial charge in [0, 0.05) is 17.7 Å². The van der Waals surface area contributed by atoms with E-state index in [4.69, 9.17) is 0 Å². The van der Waals surface area contributed by atoms with Gasteiger partial charge in [-0.3, -0.25) is 9.59 Å². The largest absolute Gasteiger partial charge is 0.321 e. The summed E-state index contributed by atoms with van der Waals surface area (Å²) in [5.74, 6) is 0.000552. The molecule has 0 saturated heterocycles. The van der Waals surface area contributed by atoms with E-state index in [0.29, 0.717) is 17.7 Å². The molecule has 1 atom stereocenters. The van der Waals surface area contributed by atoms with Gasteiger partial charge in [-0.05, 0) is 25.0 Å². The third-order valence-corrected chi connectivity index (χ3v) is 5.24. The standard InChI is InChI=1S/C22H19NO2/c1-15(24)18-13-14-23-21(25)19(16-9-5-3-6-10-16)20(22(18,23)2)17-11-7-4-8-12-17/h3-13H,14H2,1-2H3. The summed E-state index contributed by atoms with van der Waals surface area (Å²) >= 11 is 0. The van der Waals surface area contributed by atoms with E-state index >= 15 is 0 Å². The molecule has 0 saturated carbocycles. The molecule has 2 aromatic carbocycles. The highest BCUT2D eigenvalue weighted by atomic mass is 16.2. The summed E-state index contributed by atoms with van der Waals surface area (Å²) in [5, 5.41) is 0. The molecule has 3 nitrogen and oxygen atoms in total. The average molecular weight is 329 g/mol. The smallest absolute Gasteiger partial charge is 0.256 e. The van der Waals surface area contributed by atoms with Gasteiger partial charge in [0.2, 0.25) is 0 Å². The van der Waals surface area contributed by atoms with Gasteiger partial charge in [0.25, 0.3) is 5.91 Å². The fraction of sp³-hybridized carbons (Fsp3) is 0.182. The van der Waals surface area contributed by atoms with Crippen LogP contribution in [0.1, 0.15) is 25.0 Å². The highest BCUT2D eigenvalue weighted by Gasteiger charge is 2.54. The van der Waals surface area contributed by atoms with Crippen molar-refractivity contribution < 1.29 is 9.59 Å². The first-order valence-corrected chi connectivity index (χ1v) is 8.44. The molecule has 2 heterocycles. The Bertz CT molecular complexity index is 925. The van der Waals surface area contributed by atoms with Crippen LogP contribution in [0.3, 0.4) is 0 Å². The Labute approximate surface area is 147 Å². The van der Waals surface area contributed by atoms with E-state index in [0.717, 1.165) is 16.7 Å². The van der Waals surface area contributed by atoms with E-state index < -0.39 is 5.54 Å². The number of nitrogens with zero attached hydrogens (tertiary/aromatic N) is 1. The molecule has 0 fully saturated rings. The predicted molar refractivity (Wildman–Crippen MR) is 98.6 cm³/mol. The molecule has 0 bridgehead atoms. The molecule has 0 aromatic heterocycles. The van der Waals surface area contributed by atoms with Crippen molar-refractivity contribution in [3.63, 3.8) is 0 Å². The van der Waals surface area contributed by atoms with Gasteiger partial charge in [-0.25, -0.2) is 0 Å². The van der Waals surface area contributed by atoms with Crippen molar-refractivity contribution in [2.24, 2.45) is 0 Å². The van der Waals surface area contributed by atoms with Gasteiger partial charge < -0.3 is 4.90 Å². The van der Waals surface area contributed by atoms with Gasteiger partial charge in [-0.15, -0.1) is 0 Å². The molecule has 124 valence electrons. The van der Waals surface area contributed by atoms with Crippen molar-refractivity contribution in [2.45, 2.75) is 19.4 Å². The Balaban J connectivity index is 2.04. The molecular formula is C22H19NO2. The molecule has 0 radical (unpaired) electrons. The maximum atomic E-state index is 13.3.